The predicted molar refractivity (Wildman–Crippen MR) is 127 cm³/mol. The average Bonchev–Trinajstić information content (AvgIpc) is 3.37. The summed E-state index contributed by atoms with van der Waals surface area (Å²) in [7, 11) is 1.96. The van der Waals surface area contributed by atoms with E-state index in [0.29, 0.717) is 31.0 Å². The summed E-state index contributed by atoms with van der Waals surface area (Å²) in [6.45, 7) is 10.3. The number of rotatable bonds is 5. The van der Waals surface area contributed by atoms with Gasteiger partial charge in [0.2, 0.25) is 0 Å². The second-order valence-corrected chi connectivity index (χ2v) is 9.63. The second kappa shape index (κ2) is 8.78. The number of aryl methyl sites for hydroxylation is 2. The van der Waals surface area contributed by atoms with Crippen LogP contribution in [-0.2, 0) is 7.05 Å². The number of fused-ring (bicyclic) bond motifs is 3. The summed E-state index contributed by atoms with van der Waals surface area (Å²) in [5.41, 5.74) is 1.84. The molecule has 0 amide bonds. The van der Waals surface area contributed by atoms with Gasteiger partial charge < -0.3 is 9.47 Å². The van der Waals surface area contributed by atoms with Gasteiger partial charge in [-0.3, -0.25) is 4.90 Å². The third-order valence-electron chi connectivity index (χ3n) is 7.02. The lowest BCUT2D eigenvalue weighted by Crippen LogP contribution is -2.54. The topological polar surface area (TPSA) is 67.4 Å². The van der Waals surface area contributed by atoms with Crippen LogP contribution in [0.1, 0.15) is 50.2 Å². The minimum absolute atomic E-state index is 0.0820. The van der Waals surface area contributed by atoms with E-state index in [1.807, 2.05) is 22.9 Å². The van der Waals surface area contributed by atoms with Crippen molar-refractivity contribution in [1.29, 1.82) is 0 Å². The minimum Gasteiger partial charge on any atom is -0.349 e. The molecular weight excluding hydrogens is 457 g/mol. The summed E-state index contributed by atoms with van der Waals surface area (Å²) in [5, 5.41) is 8.19. The Morgan fingerprint density at radius 1 is 1.11 bits per heavy atom. The van der Waals surface area contributed by atoms with E-state index < -0.39 is 17.8 Å². The summed E-state index contributed by atoms with van der Waals surface area (Å²) in [6, 6.07) is 4.10. The Morgan fingerprint density at radius 2 is 1.89 bits per heavy atom. The molecule has 1 saturated heterocycles. The monoisotopic (exact) mass is 486 g/mol. The molecule has 0 N–H and O–H groups in total. The number of nitrogens with zero attached hydrogens (tertiary/aromatic N) is 8. The van der Waals surface area contributed by atoms with E-state index in [0.717, 1.165) is 22.8 Å². The zero-order chi connectivity index (χ0) is 25.0. The Balaban J connectivity index is 1.46. The molecule has 4 aromatic rings. The lowest BCUT2D eigenvalue weighted by Gasteiger charge is -2.45. The first-order valence-electron chi connectivity index (χ1n) is 11.8. The maximum Gasteiger partial charge on any atom is 0.266 e. The highest BCUT2D eigenvalue weighted by Crippen LogP contribution is 2.35. The third kappa shape index (κ3) is 3.91. The van der Waals surface area contributed by atoms with Crippen LogP contribution in [0.5, 0.6) is 0 Å². The standard InChI is InChI=1S/C24H29F3N8/c1-13(2)20(16-6-7-17(21(26)27)18(25)10-16)33-8-9-34(14(3)11-33)22-19-23(32(5)15(4)29-19)35-12-28-31-24(35)30-22/h6-7,10,12-14,20-21H,8-9,11H2,1-5H3. The summed E-state index contributed by atoms with van der Waals surface area (Å²) < 4.78 is 44.4. The van der Waals surface area contributed by atoms with Crippen LogP contribution in [-0.4, -0.2) is 59.7 Å². The van der Waals surface area contributed by atoms with E-state index in [2.05, 4.69) is 40.8 Å². The fourth-order valence-corrected chi connectivity index (χ4v) is 5.30. The lowest BCUT2D eigenvalue weighted by atomic mass is 9.92. The molecule has 1 fully saturated rings. The van der Waals surface area contributed by atoms with E-state index in [-0.39, 0.29) is 18.0 Å². The van der Waals surface area contributed by atoms with Crippen molar-refractivity contribution in [3.8, 4) is 0 Å². The SMILES string of the molecule is Cc1nc2c(N3CCN(C(c4ccc(C(F)F)c(F)c4)C(C)C)CC3C)nc3nncn3c2n1C. The molecule has 4 heterocycles. The highest BCUT2D eigenvalue weighted by atomic mass is 19.3. The largest absolute Gasteiger partial charge is 0.349 e. The molecule has 0 radical (unpaired) electrons. The molecule has 35 heavy (non-hydrogen) atoms. The second-order valence-electron chi connectivity index (χ2n) is 9.63. The zero-order valence-corrected chi connectivity index (χ0v) is 20.5. The van der Waals surface area contributed by atoms with Crippen LogP contribution < -0.4 is 4.90 Å². The van der Waals surface area contributed by atoms with E-state index in [9.17, 15) is 13.2 Å². The van der Waals surface area contributed by atoms with E-state index in [1.54, 1.807) is 12.4 Å². The lowest BCUT2D eigenvalue weighted by molar-refractivity contribution is 0.128. The van der Waals surface area contributed by atoms with E-state index >= 15 is 0 Å². The third-order valence-corrected chi connectivity index (χ3v) is 7.02. The predicted octanol–water partition coefficient (Wildman–Crippen LogP) is 4.30. The minimum atomic E-state index is -2.83. The maximum atomic E-state index is 14.4. The Labute approximate surface area is 201 Å². The van der Waals surface area contributed by atoms with Gasteiger partial charge in [0.05, 0.1) is 5.56 Å². The first-order chi connectivity index (χ1) is 16.7. The van der Waals surface area contributed by atoms with Crippen molar-refractivity contribution in [3.63, 3.8) is 0 Å². The molecular formula is C24H29F3N8. The number of imidazole rings is 1. The molecule has 3 aromatic heterocycles. The fourth-order valence-electron chi connectivity index (χ4n) is 5.30. The first-order valence-corrected chi connectivity index (χ1v) is 11.8. The number of hydrogen-bond acceptors (Lipinski definition) is 6. The van der Waals surface area contributed by atoms with Gasteiger partial charge in [-0.2, -0.15) is 4.98 Å². The molecule has 0 bridgehead atoms. The first kappa shape index (κ1) is 23.5. The molecule has 1 aliphatic heterocycles. The van der Waals surface area contributed by atoms with Gasteiger partial charge in [-0.05, 0) is 31.4 Å². The fraction of sp³-hybridized carbons (Fsp3) is 0.500. The van der Waals surface area contributed by atoms with Crippen LogP contribution in [0.15, 0.2) is 24.5 Å². The highest BCUT2D eigenvalue weighted by Gasteiger charge is 2.33. The van der Waals surface area contributed by atoms with Crippen LogP contribution >= 0.6 is 0 Å². The Bertz CT molecular complexity index is 1380. The molecule has 186 valence electrons. The number of piperazine rings is 1. The smallest absolute Gasteiger partial charge is 0.266 e. The summed E-state index contributed by atoms with van der Waals surface area (Å²) in [5.74, 6) is 1.46. The number of halogens is 3. The Hall–Kier alpha value is -3.21. The van der Waals surface area contributed by atoms with Crippen molar-refractivity contribution in [1.82, 2.24) is 34.0 Å². The van der Waals surface area contributed by atoms with Gasteiger partial charge in [0, 0.05) is 38.8 Å². The quantitative estimate of drug-likeness (QED) is 0.419. The van der Waals surface area contributed by atoms with Crippen molar-refractivity contribution in [2.45, 2.75) is 46.2 Å². The van der Waals surface area contributed by atoms with Crippen molar-refractivity contribution in [3.05, 3.63) is 47.3 Å². The van der Waals surface area contributed by atoms with E-state index in [1.165, 1.54) is 12.1 Å². The van der Waals surface area contributed by atoms with Crippen molar-refractivity contribution in [2.24, 2.45) is 13.0 Å². The van der Waals surface area contributed by atoms with E-state index in [4.69, 9.17) is 9.97 Å². The normalized spacial score (nSPS) is 18.5. The van der Waals surface area contributed by atoms with Crippen LogP contribution in [0, 0.1) is 18.7 Å². The van der Waals surface area contributed by atoms with Crippen molar-refractivity contribution >= 4 is 22.8 Å². The van der Waals surface area contributed by atoms with Crippen molar-refractivity contribution in [2.75, 3.05) is 24.5 Å². The molecule has 2 atom stereocenters. The van der Waals surface area contributed by atoms with Crippen LogP contribution in [0.3, 0.4) is 0 Å². The molecule has 1 aliphatic rings. The van der Waals surface area contributed by atoms with Gasteiger partial charge in [-0.25, -0.2) is 22.6 Å². The molecule has 8 nitrogen and oxygen atoms in total. The average molecular weight is 487 g/mol. The molecule has 0 saturated carbocycles. The number of hydrogen-bond donors (Lipinski definition) is 0. The highest BCUT2D eigenvalue weighted by molar-refractivity contribution is 5.86. The van der Waals surface area contributed by atoms with Gasteiger partial charge in [0.1, 0.15) is 23.5 Å². The number of anilines is 1. The molecule has 0 spiro atoms. The zero-order valence-electron chi connectivity index (χ0n) is 20.5. The molecule has 11 heteroatoms. The van der Waals surface area contributed by atoms with Crippen LogP contribution in [0.25, 0.3) is 16.9 Å². The number of alkyl halides is 2. The van der Waals surface area contributed by atoms with Gasteiger partial charge in [0.25, 0.3) is 12.2 Å². The molecule has 1 aromatic carbocycles. The van der Waals surface area contributed by atoms with Gasteiger partial charge >= 0.3 is 0 Å². The van der Waals surface area contributed by atoms with Crippen LogP contribution in [0.2, 0.25) is 0 Å². The number of aromatic nitrogens is 6. The van der Waals surface area contributed by atoms with Crippen molar-refractivity contribution < 1.29 is 13.2 Å². The summed E-state index contributed by atoms with van der Waals surface area (Å²) in [4.78, 5) is 14.1. The Morgan fingerprint density at radius 3 is 2.54 bits per heavy atom. The summed E-state index contributed by atoms with van der Waals surface area (Å²) in [6.07, 6.45) is -1.19. The Kier molecular flexibility index (Phi) is 5.90. The maximum absolute atomic E-state index is 14.4. The molecule has 0 aliphatic carbocycles. The van der Waals surface area contributed by atoms with Gasteiger partial charge in [-0.1, -0.05) is 26.0 Å². The molecule has 5 rings (SSSR count). The van der Waals surface area contributed by atoms with Crippen LogP contribution in [0.4, 0.5) is 19.0 Å². The summed E-state index contributed by atoms with van der Waals surface area (Å²) >= 11 is 0. The van der Waals surface area contributed by atoms with Gasteiger partial charge in [0.15, 0.2) is 11.5 Å². The number of benzene rings is 1. The molecule has 2 unspecified atom stereocenters. The van der Waals surface area contributed by atoms with Gasteiger partial charge in [-0.15, -0.1) is 10.2 Å².